The first kappa shape index (κ1) is 80.7. The first-order chi connectivity index (χ1) is 33.5. The van der Waals surface area contributed by atoms with Gasteiger partial charge in [-0.2, -0.15) is 9.45 Å². The minimum absolute atomic E-state index is 0. The fourth-order valence-corrected chi connectivity index (χ4v) is 11.2. The van der Waals surface area contributed by atoms with E-state index in [0.29, 0.717) is 24.3 Å². The van der Waals surface area contributed by atoms with Crippen LogP contribution in [0.3, 0.4) is 0 Å². The van der Waals surface area contributed by atoms with E-state index in [0.717, 1.165) is 36.4 Å². The maximum atomic E-state index is 12.9. The Kier molecular flexibility index (Phi) is 36.0. The van der Waals surface area contributed by atoms with Gasteiger partial charge < -0.3 is 40.2 Å². The summed E-state index contributed by atoms with van der Waals surface area (Å²) < 4.78 is 211. The second-order valence-corrected chi connectivity index (χ2v) is 23.8. The molecule has 5 rings (SSSR count). The Morgan fingerprint density at radius 3 is 1.42 bits per heavy atom. The third kappa shape index (κ3) is 23.2. The van der Waals surface area contributed by atoms with Gasteiger partial charge in [0.25, 0.3) is 0 Å². The molecule has 0 unspecified atom stereocenters. The number of benzene rings is 5. The molecule has 0 bridgehead atoms. The van der Waals surface area contributed by atoms with Crippen LogP contribution in [0.4, 0.5) is 45.5 Å². The van der Waals surface area contributed by atoms with Crippen molar-refractivity contribution in [3.05, 3.63) is 72.8 Å². The molecule has 0 fully saturated rings. The number of fused-ring (bicyclic) bond motifs is 1. The van der Waals surface area contributed by atoms with Crippen molar-refractivity contribution >= 4 is 141 Å². The molecule has 5 aromatic carbocycles. The van der Waals surface area contributed by atoms with Crippen LogP contribution in [0.15, 0.2) is 133 Å². The van der Waals surface area contributed by atoms with Gasteiger partial charge in [0.05, 0.1) is 78.3 Å². The summed E-state index contributed by atoms with van der Waals surface area (Å²) in [6, 6.07) is 10.2. The molecule has 78 heavy (non-hydrogen) atoms. The number of nitrogens with two attached hydrogens (primary N) is 2. The number of rotatable bonds is 24. The third-order valence-corrected chi connectivity index (χ3v) is 16.1. The third-order valence-electron chi connectivity index (χ3n) is 8.69. The molecule has 0 atom stereocenters. The monoisotopic (exact) mass is 1300 g/mol. The Morgan fingerprint density at radius 2 is 0.949 bits per heavy atom. The van der Waals surface area contributed by atoms with Crippen molar-refractivity contribution in [2.75, 3.05) is 36.2 Å². The number of hydrogen-bond acceptors (Lipinski definition) is 34. The fraction of sp³-hybridized carbons (Fsp3) is 0.125. The number of anilines is 2. The first-order valence-electron chi connectivity index (χ1n) is 18.1. The van der Waals surface area contributed by atoms with E-state index in [9.17, 15) is 79.2 Å². The zero-order valence-corrected chi connectivity index (χ0v) is 59.2. The van der Waals surface area contributed by atoms with Crippen molar-refractivity contribution in [2.45, 2.75) is 29.4 Å². The maximum absolute atomic E-state index is 12.9. The number of azo groups is 3. The van der Waals surface area contributed by atoms with Gasteiger partial charge in [-0.3, -0.25) is 18.4 Å². The Labute approximate surface area is 584 Å². The molecule has 0 heterocycles. The largest absolute Gasteiger partial charge is 1.00 e. The minimum Gasteiger partial charge on any atom is -0.744 e. The summed E-state index contributed by atoms with van der Waals surface area (Å²) in [7, 11) is -30.8. The first-order valence-corrected chi connectivity index (χ1v) is 28.4. The van der Waals surface area contributed by atoms with Gasteiger partial charge in [-0.05, 0) is 66.0 Å². The normalized spacial score (nSPS) is 12.3. The molecule has 390 valence electrons. The molecular weight excluding hydrogens is 1270 g/mol. The number of nitrogens with zero attached hydrogens (tertiary/aromatic N) is 6. The van der Waals surface area contributed by atoms with Crippen LogP contribution in [0, 0.1) is 0 Å². The number of nitrogen functional groups attached to an aromatic ring is 2. The van der Waals surface area contributed by atoms with E-state index in [1.807, 2.05) is 0 Å². The van der Waals surface area contributed by atoms with Crippen LogP contribution in [0.1, 0.15) is 0 Å². The molecule has 0 aliphatic heterocycles. The molecule has 0 amide bonds. The summed E-state index contributed by atoms with van der Waals surface area (Å²) in [5.41, 5.74) is 7.42. The van der Waals surface area contributed by atoms with E-state index >= 15 is 0 Å². The van der Waals surface area contributed by atoms with Gasteiger partial charge in [0.15, 0.2) is 32.0 Å². The SMILES string of the molecule is Nc1c(N=Nc2cc(SOO[O-])c3cccc(S(=O)(=O)[O-])c3c2)cc(N=Nc2ccc(S(=O)(=O)CCOSOO[O-])cc2S(=O)(=O)[O-])c(N)c1N=Nc1ccc(S(=O)(=O)CCOS(=O)(=O)[O-])cc1S(=O)(=O)[O-].[Na+].[Na+].[Na+].[Na+].[Na+].[Na+]. The molecule has 32 nitrogen and oxygen atoms in total. The van der Waals surface area contributed by atoms with Gasteiger partial charge in [0.1, 0.15) is 58.8 Å². The topological polar surface area (TPSA) is 525 Å². The summed E-state index contributed by atoms with van der Waals surface area (Å²) in [5, 5.41) is 49.7. The van der Waals surface area contributed by atoms with Crippen LogP contribution in [0.2, 0.25) is 0 Å². The average molecular weight is 1300 g/mol. The maximum Gasteiger partial charge on any atom is 1.00 e. The molecular formula is C32H24N8Na6O24S8. The smallest absolute Gasteiger partial charge is 0.744 e. The van der Waals surface area contributed by atoms with Gasteiger partial charge in [0, 0.05) is 10.3 Å². The predicted molar refractivity (Wildman–Crippen MR) is 232 cm³/mol. The van der Waals surface area contributed by atoms with E-state index < -0.39 is 149 Å². The van der Waals surface area contributed by atoms with Crippen molar-refractivity contribution in [1.29, 1.82) is 0 Å². The van der Waals surface area contributed by atoms with Crippen molar-refractivity contribution < 1.29 is 284 Å². The van der Waals surface area contributed by atoms with Crippen LogP contribution >= 0.6 is 24.4 Å². The molecule has 0 aromatic heterocycles. The van der Waals surface area contributed by atoms with E-state index in [4.69, 9.17) is 11.5 Å². The molecule has 0 saturated carbocycles. The summed E-state index contributed by atoms with van der Waals surface area (Å²) in [6.45, 7) is -1.84. The van der Waals surface area contributed by atoms with Crippen LogP contribution in [0.5, 0.6) is 0 Å². The summed E-state index contributed by atoms with van der Waals surface area (Å²) in [6.07, 6.45) is 0. The van der Waals surface area contributed by atoms with Gasteiger partial charge in [-0.25, -0.2) is 50.5 Å². The van der Waals surface area contributed by atoms with E-state index in [1.165, 1.54) is 12.1 Å². The Morgan fingerprint density at radius 1 is 0.487 bits per heavy atom. The molecule has 0 saturated heterocycles. The van der Waals surface area contributed by atoms with E-state index in [1.54, 1.807) is 0 Å². The van der Waals surface area contributed by atoms with Gasteiger partial charge in [-0.1, -0.05) is 12.1 Å². The van der Waals surface area contributed by atoms with E-state index in [2.05, 4.69) is 57.8 Å². The number of sulfone groups is 2. The fourth-order valence-electron chi connectivity index (χ4n) is 5.61. The van der Waals surface area contributed by atoms with Gasteiger partial charge in [0.2, 0.25) is 10.4 Å². The molecule has 0 aliphatic rings. The van der Waals surface area contributed by atoms with Crippen LogP contribution in [-0.4, -0.2) is 93.4 Å². The van der Waals surface area contributed by atoms with Crippen LogP contribution in [-0.2, 0) is 87.5 Å². The molecule has 46 heteroatoms. The molecule has 0 radical (unpaired) electrons. The average Bonchev–Trinajstić information content (AvgIpc) is 3.28. The standard InChI is InChI=1S/C32H30N8O24S8.6Na/c33-30-24(38-35-17-12-21-20(26(13-17)65-63-61-41)2-1-3-27(21)69(47,48)49)16-25(39-36-22-6-4-18(14-28(22)70(50,51)52)67(43,44)10-8-59-66-64-62-42)31(34)32(30)40-37-23-7-5-19(15-29(23)71(53,54)55)68(45,46)11-9-60-72(56,57)58;;;;;;/h1-7,12-16,41-42H,8-11,33-34H2,(H,47,48,49)(H,50,51,52)(H,53,54,55)(H,56,57,58);;;;;;/q;6*+1/p-6. The summed E-state index contributed by atoms with van der Waals surface area (Å²) in [5.74, 6) is -2.05. The minimum atomic E-state index is -5.66. The van der Waals surface area contributed by atoms with Crippen molar-refractivity contribution in [1.82, 2.24) is 0 Å². The Balaban J connectivity index is 0. The number of hydrogen-bond donors (Lipinski definition) is 2. The zero-order chi connectivity index (χ0) is 53.5. The molecule has 5 aromatic rings. The van der Waals surface area contributed by atoms with Crippen molar-refractivity contribution in [3.8, 4) is 0 Å². The Bertz CT molecular complexity index is 3730. The molecule has 0 spiro atoms. The van der Waals surface area contributed by atoms with Gasteiger partial charge >= 0.3 is 177 Å². The molecule has 4 N–H and O–H groups in total. The van der Waals surface area contributed by atoms with Crippen LogP contribution < -0.4 is 199 Å². The summed E-state index contributed by atoms with van der Waals surface area (Å²) in [4.78, 5) is -5.07. The summed E-state index contributed by atoms with van der Waals surface area (Å²) >= 11 is 0.228. The van der Waals surface area contributed by atoms with Crippen molar-refractivity contribution in [3.63, 3.8) is 0 Å². The Hall–Kier alpha value is 0.680. The predicted octanol–water partition coefficient (Wildman–Crippen LogP) is -16.0. The second-order valence-electron chi connectivity index (χ2n) is 13.2. The second kappa shape index (κ2) is 34.7. The van der Waals surface area contributed by atoms with E-state index in [-0.39, 0.29) is 223 Å². The van der Waals surface area contributed by atoms with Gasteiger partial charge in [-0.15, -0.1) is 29.9 Å². The quantitative estimate of drug-likeness (QED) is 0.00667. The molecule has 0 aliphatic carbocycles. The van der Waals surface area contributed by atoms with Crippen LogP contribution in [0.25, 0.3) is 10.8 Å². The zero-order valence-electron chi connectivity index (χ0n) is 40.7. The van der Waals surface area contributed by atoms with Crippen molar-refractivity contribution in [2.24, 2.45) is 30.7 Å².